The Morgan fingerprint density at radius 3 is 2.64 bits per heavy atom. The fourth-order valence-electron chi connectivity index (χ4n) is 6.32. The molecule has 0 atom stereocenters. The number of aliphatic hydroxyl groups excluding tert-OH is 1. The van der Waals surface area contributed by atoms with Crippen molar-refractivity contribution in [3.05, 3.63) is 40.4 Å². The maximum Gasteiger partial charge on any atom is 0.236 e. The molecule has 1 N–H and O–H groups in total. The highest BCUT2D eigenvalue weighted by Gasteiger charge is 2.49. The second-order valence-electron chi connectivity index (χ2n) is 11.8. The van der Waals surface area contributed by atoms with Crippen molar-refractivity contribution >= 4 is 49.6 Å². The first-order chi connectivity index (χ1) is 20.3. The lowest BCUT2D eigenvalue weighted by atomic mass is 9.79. The summed E-state index contributed by atoms with van der Waals surface area (Å²) in [6.07, 6.45) is 1.47. The first-order valence-electron chi connectivity index (χ1n) is 14.3. The molecule has 0 unspecified atom stereocenters. The lowest BCUT2D eigenvalue weighted by Gasteiger charge is -2.48. The number of nitrogens with zero attached hydrogens (tertiary/aromatic N) is 9. The van der Waals surface area contributed by atoms with Crippen molar-refractivity contribution in [3.63, 3.8) is 0 Å². The number of carbonyl (C=O) groups excluding carboxylic acids is 1. The summed E-state index contributed by atoms with van der Waals surface area (Å²) in [5, 5.41) is 26.1. The normalized spacial score (nSPS) is 18.5. The number of fused-ring (bicyclic) bond motifs is 1. The highest BCUT2D eigenvalue weighted by Crippen LogP contribution is 2.43. The number of hydrogen-bond donors (Lipinski definition) is 1. The minimum atomic E-state index is -0.360. The zero-order valence-electron chi connectivity index (χ0n) is 23.9. The summed E-state index contributed by atoms with van der Waals surface area (Å²) >= 11 is 2.98. The first-order valence-corrected chi connectivity index (χ1v) is 15.9. The molecule has 3 saturated heterocycles. The number of aromatic nitrogens is 4. The van der Waals surface area contributed by atoms with Gasteiger partial charge in [0.25, 0.3) is 0 Å². The number of aliphatic hydroxyl groups is 1. The van der Waals surface area contributed by atoms with Gasteiger partial charge in [0.2, 0.25) is 16.0 Å². The molecule has 6 heterocycles. The van der Waals surface area contributed by atoms with Crippen LogP contribution in [0.2, 0.25) is 0 Å². The van der Waals surface area contributed by atoms with Crippen LogP contribution >= 0.6 is 22.7 Å². The van der Waals surface area contributed by atoms with E-state index in [-0.39, 0.29) is 17.4 Å². The number of hydrogen-bond acceptors (Lipinski definition) is 11. The van der Waals surface area contributed by atoms with Crippen LogP contribution in [0.1, 0.15) is 29.5 Å². The molecule has 3 aliphatic rings. The predicted molar refractivity (Wildman–Crippen MR) is 164 cm³/mol. The van der Waals surface area contributed by atoms with E-state index in [0.717, 1.165) is 76.9 Å². The van der Waals surface area contributed by atoms with E-state index in [9.17, 15) is 15.2 Å². The molecule has 11 nitrogen and oxygen atoms in total. The van der Waals surface area contributed by atoms with E-state index in [0.29, 0.717) is 30.2 Å². The Kier molecular flexibility index (Phi) is 6.69. The average molecular weight is 604 g/mol. The third kappa shape index (κ3) is 4.63. The molecule has 7 rings (SSSR count). The van der Waals surface area contributed by atoms with Crippen LogP contribution in [0.5, 0.6) is 0 Å². The summed E-state index contributed by atoms with van der Waals surface area (Å²) in [5.74, 6) is 0.990. The number of benzene rings is 1. The molecular formula is C29H33N9O2S2. The van der Waals surface area contributed by atoms with Gasteiger partial charge in [0.05, 0.1) is 18.3 Å². The van der Waals surface area contributed by atoms with Crippen molar-refractivity contribution in [2.24, 2.45) is 5.41 Å². The van der Waals surface area contributed by atoms with E-state index in [4.69, 9.17) is 15.1 Å². The Bertz CT molecular complexity index is 1690. The Morgan fingerprint density at radius 2 is 1.95 bits per heavy atom. The summed E-state index contributed by atoms with van der Waals surface area (Å²) in [7, 11) is 1.97. The van der Waals surface area contributed by atoms with Gasteiger partial charge in [-0.25, -0.2) is 9.97 Å². The Hall–Kier alpha value is -3.57. The zero-order chi connectivity index (χ0) is 29.2. The minimum absolute atomic E-state index is 0.114. The van der Waals surface area contributed by atoms with Crippen LogP contribution in [0.4, 0.5) is 16.1 Å². The number of imidazole rings is 1. The molecule has 1 spiro atoms. The van der Waals surface area contributed by atoms with E-state index in [1.165, 1.54) is 11.3 Å². The molecule has 1 amide bonds. The van der Waals surface area contributed by atoms with Gasteiger partial charge in [0, 0.05) is 57.3 Å². The number of likely N-dealkylation sites (tertiary alicyclic amines) is 2. The van der Waals surface area contributed by atoms with Crippen LogP contribution in [0.3, 0.4) is 0 Å². The van der Waals surface area contributed by atoms with Gasteiger partial charge in [-0.05, 0) is 19.8 Å². The van der Waals surface area contributed by atoms with Crippen molar-refractivity contribution < 1.29 is 9.90 Å². The van der Waals surface area contributed by atoms with Crippen molar-refractivity contribution in [1.29, 1.82) is 5.26 Å². The summed E-state index contributed by atoms with van der Waals surface area (Å²) in [5.41, 5.74) is 3.93. The summed E-state index contributed by atoms with van der Waals surface area (Å²) < 4.78 is 1.93. The van der Waals surface area contributed by atoms with Crippen molar-refractivity contribution in [1.82, 2.24) is 29.4 Å². The smallest absolute Gasteiger partial charge is 0.236 e. The fourth-order valence-corrected chi connectivity index (χ4v) is 8.11. The zero-order valence-corrected chi connectivity index (χ0v) is 25.6. The van der Waals surface area contributed by atoms with Crippen LogP contribution in [0, 0.1) is 23.7 Å². The first kappa shape index (κ1) is 27.3. The highest BCUT2D eigenvalue weighted by molar-refractivity contribution is 7.20. The molecule has 3 aromatic heterocycles. The summed E-state index contributed by atoms with van der Waals surface area (Å²) in [6.45, 7) is 9.17. The predicted octanol–water partition coefficient (Wildman–Crippen LogP) is 3.14. The van der Waals surface area contributed by atoms with Gasteiger partial charge in [-0.15, -0.1) is 5.10 Å². The Morgan fingerprint density at radius 1 is 1.19 bits per heavy atom. The number of amides is 1. The van der Waals surface area contributed by atoms with Gasteiger partial charge in [-0.1, -0.05) is 59.4 Å². The van der Waals surface area contributed by atoms with Gasteiger partial charge < -0.3 is 19.8 Å². The largest absolute Gasteiger partial charge is 0.389 e. The van der Waals surface area contributed by atoms with E-state index in [1.54, 1.807) is 16.2 Å². The SMILES string of the molecule is CCc1nc2sc(N3CCC4(CN(CC(=O)N5CC(O)C5)C4)C3)nn2c1N(C)c1nc(-c2ccc(C)cc2)c(C#N)s1. The average Bonchev–Trinajstić information content (AvgIpc) is 3.72. The second-order valence-corrected chi connectivity index (χ2v) is 13.7. The summed E-state index contributed by atoms with van der Waals surface area (Å²) in [6, 6.07) is 10.4. The van der Waals surface area contributed by atoms with E-state index < -0.39 is 0 Å². The topological polar surface area (TPSA) is 117 Å². The molecule has 13 heteroatoms. The van der Waals surface area contributed by atoms with Crippen LogP contribution in [-0.4, -0.2) is 99.4 Å². The number of nitriles is 1. The number of rotatable bonds is 7. The highest BCUT2D eigenvalue weighted by atomic mass is 32.1. The van der Waals surface area contributed by atoms with E-state index in [2.05, 4.69) is 22.8 Å². The monoisotopic (exact) mass is 603 g/mol. The van der Waals surface area contributed by atoms with Crippen LogP contribution < -0.4 is 9.80 Å². The van der Waals surface area contributed by atoms with Gasteiger partial charge in [0.1, 0.15) is 16.6 Å². The van der Waals surface area contributed by atoms with E-state index in [1.807, 2.05) is 47.7 Å². The number of anilines is 3. The molecular weight excluding hydrogens is 571 g/mol. The van der Waals surface area contributed by atoms with Crippen LogP contribution in [-0.2, 0) is 11.2 Å². The summed E-state index contributed by atoms with van der Waals surface area (Å²) in [4.78, 5) is 32.0. The van der Waals surface area contributed by atoms with Gasteiger partial charge in [-0.2, -0.15) is 9.78 Å². The molecule has 0 radical (unpaired) electrons. The third-order valence-corrected chi connectivity index (χ3v) is 10.6. The molecule has 4 aromatic rings. The molecule has 218 valence electrons. The molecule has 0 bridgehead atoms. The number of aryl methyl sites for hydroxylation is 2. The number of thiazole rings is 1. The Balaban J connectivity index is 1.09. The number of β-amino-alcohol motifs (C(OH)–C–C–N with tert-alkyl or cyclic N) is 1. The van der Waals surface area contributed by atoms with Crippen LogP contribution in [0.25, 0.3) is 16.2 Å². The lowest BCUT2D eigenvalue weighted by molar-refractivity contribution is -0.145. The molecule has 0 aliphatic carbocycles. The molecule has 3 aliphatic heterocycles. The van der Waals surface area contributed by atoms with Crippen molar-refractivity contribution in [3.8, 4) is 17.3 Å². The fraction of sp³-hybridized carbons (Fsp3) is 0.483. The van der Waals surface area contributed by atoms with Gasteiger partial charge in [0.15, 0.2) is 10.9 Å². The maximum atomic E-state index is 12.4. The van der Waals surface area contributed by atoms with Crippen LogP contribution in [0.15, 0.2) is 24.3 Å². The molecule has 3 fully saturated rings. The number of carbonyl (C=O) groups is 1. The third-order valence-electron chi connectivity index (χ3n) is 8.62. The minimum Gasteiger partial charge on any atom is -0.389 e. The molecule has 42 heavy (non-hydrogen) atoms. The maximum absolute atomic E-state index is 12.4. The van der Waals surface area contributed by atoms with Gasteiger partial charge >= 0.3 is 0 Å². The Labute approximate surface area is 252 Å². The van der Waals surface area contributed by atoms with Crippen molar-refractivity contribution in [2.75, 3.05) is 62.7 Å². The quantitative estimate of drug-likeness (QED) is 0.340. The van der Waals surface area contributed by atoms with Gasteiger partial charge in [-0.3, -0.25) is 9.69 Å². The second kappa shape index (κ2) is 10.3. The van der Waals surface area contributed by atoms with Crippen molar-refractivity contribution in [2.45, 2.75) is 32.8 Å². The molecule has 1 aromatic carbocycles. The standard InChI is InChI=1S/C29H33N9O2S2/c1-4-21-25(34(3)26-32-24(22(11-30)41-26)19-7-5-18(2)6-8-19)38-27(31-21)42-28(33-38)36-10-9-29(17-36)15-35(16-29)14-23(40)37-12-20(39)13-37/h5-8,20,39H,4,9-10,12-17H2,1-3H3. The molecule has 0 saturated carbocycles. The van der Waals surface area contributed by atoms with E-state index >= 15 is 0 Å². The lowest BCUT2D eigenvalue weighted by Crippen LogP contribution is -2.62.